The highest BCUT2D eigenvalue weighted by Gasteiger charge is 2.07. The lowest BCUT2D eigenvalue weighted by Gasteiger charge is -2.05. The smallest absolute Gasteiger partial charge is 0.478 e. The van der Waals surface area contributed by atoms with E-state index in [0.717, 1.165) is 12.8 Å². The molecule has 100 valence electrons. The summed E-state index contributed by atoms with van der Waals surface area (Å²) in [5, 5.41) is 8.67. The Hall–Kier alpha value is -1.75. The number of carboxylic acids is 1. The molecule has 0 fully saturated rings. The highest BCUT2D eigenvalue weighted by molar-refractivity contribution is 5.87. The van der Waals surface area contributed by atoms with Gasteiger partial charge in [-0.2, -0.15) is 0 Å². The third-order valence-electron chi connectivity index (χ3n) is 2.02. The van der Waals surface area contributed by atoms with Crippen LogP contribution >= 0.6 is 12.4 Å². The number of hydrogen-bond donors (Lipinski definition) is 1. The predicted molar refractivity (Wildman–Crippen MR) is 67.5 cm³/mol. The van der Waals surface area contributed by atoms with E-state index in [-0.39, 0.29) is 23.7 Å². The highest BCUT2D eigenvalue weighted by Crippen LogP contribution is 2.12. The van der Waals surface area contributed by atoms with Crippen molar-refractivity contribution in [2.75, 3.05) is 6.61 Å². The Balaban J connectivity index is 0.00000289. The lowest BCUT2D eigenvalue weighted by Crippen LogP contribution is -2.11. The van der Waals surface area contributed by atoms with Gasteiger partial charge in [-0.05, 0) is 30.7 Å². The molecular weight excluding hydrogens is 260 g/mol. The number of hydrogen-bond acceptors (Lipinski definition) is 4. The Morgan fingerprint density at radius 3 is 2.33 bits per heavy atom. The number of carboxylic acid groups (broad SMARTS) is 1. The molecular formula is C12H15ClO5. The van der Waals surface area contributed by atoms with Gasteiger partial charge in [0.25, 0.3) is 0 Å². The number of rotatable bonds is 5. The summed E-state index contributed by atoms with van der Waals surface area (Å²) in [5.41, 5.74) is 0.136. The first-order valence-corrected chi connectivity index (χ1v) is 5.31. The molecule has 0 heterocycles. The maximum Gasteiger partial charge on any atom is 0.513 e. The zero-order chi connectivity index (χ0) is 12.7. The fraction of sp³-hybridized carbons (Fsp3) is 0.333. The first-order valence-electron chi connectivity index (χ1n) is 5.31. The molecule has 0 atom stereocenters. The number of carbonyl (C=O) groups excluding carboxylic acids is 1. The highest BCUT2D eigenvalue weighted by atomic mass is 35.5. The summed E-state index contributed by atoms with van der Waals surface area (Å²) < 4.78 is 9.63. The molecule has 18 heavy (non-hydrogen) atoms. The second-order valence-corrected chi connectivity index (χ2v) is 3.38. The van der Waals surface area contributed by atoms with Crippen molar-refractivity contribution < 1.29 is 24.2 Å². The first-order chi connectivity index (χ1) is 8.13. The molecule has 0 aliphatic heterocycles. The second kappa shape index (κ2) is 8.36. The Bertz CT molecular complexity index is 388. The van der Waals surface area contributed by atoms with E-state index < -0.39 is 12.1 Å². The van der Waals surface area contributed by atoms with Crippen molar-refractivity contribution in [1.29, 1.82) is 0 Å². The quantitative estimate of drug-likeness (QED) is 0.507. The van der Waals surface area contributed by atoms with Crippen LogP contribution in [0.2, 0.25) is 0 Å². The molecule has 0 saturated carbocycles. The molecule has 1 rings (SSSR count). The van der Waals surface area contributed by atoms with E-state index in [1.165, 1.54) is 24.3 Å². The zero-order valence-corrected chi connectivity index (χ0v) is 10.7. The summed E-state index contributed by atoms with van der Waals surface area (Å²) in [7, 11) is 0. The molecule has 6 heteroatoms. The van der Waals surface area contributed by atoms with Crippen molar-refractivity contribution in [1.82, 2.24) is 0 Å². The largest absolute Gasteiger partial charge is 0.513 e. The zero-order valence-electron chi connectivity index (χ0n) is 9.92. The molecule has 0 aromatic heterocycles. The third-order valence-corrected chi connectivity index (χ3v) is 2.02. The van der Waals surface area contributed by atoms with E-state index in [1.807, 2.05) is 6.92 Å². The summed E-state index contributed by atoms with van der Waals surface area (Å²) in [6.07, 6.45) is 0.940. The van der Waals surface area contributed by atoms with Crippen LogP contribution in [0, 0.1) is 0 Å². The van der Waals surface area contributed by atoms with Crippen molar-refractivity contribution in [2.24, 2.45) is 0 Å². The van der Waals surface area contributed by atoms with E-state index in [0.29, 0.717) is 6.61 Å². The van der Waals surface area contributed by atoms with Crippen LogP contribution in [0.15, 0.2) is 24.3 Å². The van der Waals surface area contributed by atoms with E-state index in [1.54, 1.807) is 0 Å². The van der Waals surface area contributed by atoms with E-state index in [4.69, 9.17) is 14.6 Å². The van der Waals surface area contributed by atoms with Gasteiger partial charge in [-0.3, -0.25) is 0 Å². The Labute approximate surface area is 111 Å². The maximum absolute atomic E-state index is 11.1. The summed E-state index contributed by atoms with van der Waals surface area (Å²) in [6, 6.07) is 5.53. The summed E-state index contributed by atoms with van der Waals surface area (Å²) in [5.74, 6) is -0.765. The topological polar surface area (TPSA) is 72.8 Å². The molecule has 0 spiro atoms. The summed E-state index contributed by atoms with van der Waals surface area (Å²) in [6.45, 7) is 2.31. The lowest BCUT2D eigenvalue weighted by atomic mass is 10.2. The van der Waals surface area contributed by atoms with Gasteiger partial charge in [-0.1, -0.05) is 13.3 Å². The van der Waals surface area contributed by atoms with Crippen molar-refractivity contribution >= 4 is 24.5 Å². The number of unbranched alkanes of at least 4 members (excludes halogenated alkanes) is 1. The van der Waals surface area contributed by atoms with E-state index in [9.17, 15) is 9.59 Å². The molecule has 0 bridgehead atoms. The van der Waals surface area contributed by atoms with Gasteiger partial charge in [0, 0.05) is 0 Å². The third kappa shape index (κ3) is 5.54. The van der Waals surface area contributed by atoms with Crippen LogP contribution < -0.4 is 4.74 Å². The molecule has 0 unspecified atom stereocenters. The van der Waals surface area contributed by atoms with Gasteiger partial charge >= 0.3 is 12.1 Å². The molecule has 1 aromatic rings. The van der Waals surface area contributed by atoms with E-state index >= 15 is 0 Å². The van der Waals surface area contributed by atoms with Crippen LogP contribution in [0.4, 0.5) is 4.79 Å². The van der Waals surface area contributed by atoms with Crippen LogP contribution in [0.25, 0.3) is 0 Å². The summed E-state index contributed by atoms with van der Waals surface area (Å²) >= 11 is 0. The lowest BCUT2D eigenvalue weighted by molar-refractivity contribution is 0.0697. The fourth-order valence-electron chi connectivity index (χ4n) is 1.09. The van der Waals surface area contributed by atoms with Crippen molar-refractivity contribution in [2.45, 2.75) is 19.8 Å². The Kier molecular flexibility index (Phi) is 7.54. The number of benzene rings is 1. The summed E-state index contributed by atoms with van der Waals surface area (Å²) in [4.78, 5) is 21.7. The van der Waals surface area contributed by atoms with Crippen LogP contribution in [0.1, 0.15) is 30.1 Å². The molecule has 0 amide bonds. The average molecular weight is 275 g/mol. The average Bonchev–Trinajstić information content (AvgIpc) is 2.30. The number of ether oxygens (including phenoxy) is 2. The standard InChI is InChI=1S/C12H14O5.ClH/c1-2-3-8-16-12(15)17-10-6-4-9(5-7-10)11(13)14;/h4-7H,2-3,8H2,1H3,(H,13,14);1H. The Morgan fingerprint density at radius 2 is 1.83 bits per heavy atom. The number of aromatic carboxylic acids is 1. The minimum absolute atomic E-state index is 0. The predicted octanol–water partition coefficient (Wildman–Crippen LogP) is 3.12. The van der Waals surface area contributed by atoms with Crippen LogP contribution in [-0.4, -0.2) is 23.8 Å². The van der Waals surface area contributed by atoms with Crippen LogP contribution in [0.5, 0.6) is 5.75 Å². The Morgan fingerprint density at radius 1 is 1.22 bits per heavy atom. The molecule has 0 aliphatic carbocycles. The van der Waals surface area contributed by atoms with Gasteiger partial charge in [0.15, 0.2) is 0 Å². The molecule has 0 aliphatic rings. The first kappa shape index (κ1) is 16.2. The molecule has 0 radical (unpaired) electrons. The van der Waals surface area contributed by atoms with Gasteiger partial charge in [-0.15, -0.1) is 12.4 Å². The van der Waals surface area contributed by atoms with Gasteiger partial charge < -0.3 is 14.6 Å². The minimum atomic E-state index is -1.03. The van der Waals surface area contributed by atoms with E-state index in [2.05, 4.69) is 0 Å². The van der Waals surface area contributed by atoms with Crippen LogP contribution in [-0.2, 0) is 4.74 Å². The van der Waals surface area contributed by atoms with Gasteiger partial charge in [0.2, 0.25) is 0 Å². The molecule has 5 nitrogen and oxygen atoms in total. The maximum atomic E-state index is 11.1. The van der Waals surface area contributed by atoms with Crippen molar-refractivity contribution in [3.8, 4) is 5.75 Å². The van der Waals surface area contributed by atoms with Crippen molar-refractivity contribution in [3.63, 3.8) is 0 Å². The van der Waals surface area contributed by atoms with Crippen molar-refractivity contribution in [3.05, 3.63) is 29.8 Å². The SMILES string of the molecule is CCCCOC(=O)Oc1ccc(C(=O)O)cc1.Cl. The number of carbonyl (C=O) groups is 2. The van der Waals surface area contributed by atoms with Gasteiger partial charge in [0.1, 0.15) is 5.75 Å². The fourth-order valence-corrected chi connectivity index (χ4v) is 1.09. The molecule has 1 N–H and O–H groups in total. The normalized spacial score (nSPS) is 9.17. The monoisotopic (exact) mass is 274 g/mol. The van der Waals surface area contributed by atoms with Gasteiger partial charge in [0.05, 0.1) is 12.2 Å². The number of halogens is 1. The second-order valence-electron chi connectivity index (χ2n) is 3.38. The molecule has 1 aromatic carbocycles. The van der Waals surface area contributed by atoms with Gasteiger partial charge in [-0.25, -0.2) is 9.59 Å². The minimum Gasteiger partial charge on any atom is -0.478 e. The van der Waals surface area contributed by atoms with Crippen LogP contribution in [0.3, 0.4) is 0 Å². The molecule has 0 saturated heterocycles.